The number of thiophene rings is 1. The van der Waals surface area contributed by atoms with Gasteiger partial charge < -0.3 is 9.64 Å². The Hall–Kier alpha value is -1.24. The summed E-state index contributed by atoms with van der Waals surface area (Å²) in [4.78, 5) is 19.5. The van der Waals surface area contributed by atoms with Crippen molar-refractivity contribution in [2.75, 3.05) is 20.3 Å². The fourth-order valence-corrected chi connectivity index (χ4v) is 2.66. The SMILES string of the molecule is COCCN(Cc1cccs1)C(=O)c1ccc(Br)cn1. The molecule has 20 heavy (non-hydrogen) atoms. The minimum absolute atomic E-state index is 0.0806. The first kappa shape index (κ1) is 15.2. The fraction of sp³-hybridized carbons (Fsp3) is 0.286. The third-order valence-corrected chi connectivity index (χ3v) is 4.06. The van der Waals surface area contributed by atoms with Crippen LogP contribution >= 0.6 is 27.3 Å². The molecular formula is C14H15BrN2O2S. The highest BCUT2D eigenvalue weighted by molar-refractivity contribution is 9.10. The molecule has 0 fully saturated rings. The Balaban J connectivity index is 2.12. The molecule has 2 heterocycles. The number of hydrogen-bond acceptors (Lipinski definition) is 4. The summed E-state index contributed by atoms with van der Waals surface area (Å²) in [5, 5.41) is 2.01. The summed E-state index contributed by atoms with van der Waals surface area (Å²) >= 11 is 4.95. The standard InChI is InChI=1S/C14H15BrN2O2S/c1-19-7-6-17(10-12-3-2-8-20-12)14(18)13-5-4-11(15)9-16-13/h2-5,8-9H,6-7,10H2,1H3. The summed E-state index contributed by atoms with van der Waals surface area (Å²) < 4.78 is 5.94. The number of carbonyl (C=O) groups excluding carboxylic acids is 1. The minimum atomic E-state index is -0.0806. The molecule has 2 aromatic heterocycles. The van der Waals surface area contributed by atoms with Gasteiger partial charge >= 0.3 is 0 Å². The van der Waals surface area contributed by atoms with Crippen molar-refractivity contribution in [2.24, 2.45) is 0 Å². The van der Waals surface area contributed by atoms with E-state index in [9.17, 15) is 4.79 Å². The number of ether oxygens (including phenoxy) is 1. The molecule has 2 aromatic rings. The van der Waals surface area contributed by atoms with Gasteiger partial charge in [-0.25, -0.2) is 4.98 Å². The number of nitrogens with zero attached hydrogens (tertiary/aromatic N) is 2. The van der Waals surface area contributed by atoms with Gasteiger partial charge in [-0.2, -0.15) is 0 Å². The van der Waals surface area contributed by atoms with Gasteiger partial charge in [0, 0.05) is 29.2 Å². The summed E-state index contributed by atoms with van der Waals surface area (Å²) in [5.74, 6) is -0.0806. The Kier molecular flexibility index (Phi) is 5.70. The van der Waals surface area contributed by atoms with E-state index in [0.29, 0.717) is 25.4 Å². The normalized spacial score (nSPS) is 10.5. The second-order valence-corrected chi connectivity index (χ2v) is 6.11. The molecule has 0 aromatic carbocycles. The van der Waals surface area contributed by atoms with Gasteiger partial charge in [-0.1, -0.05) is 6.07 Å². The van der Waals surface area contributed by atoms with Crippen molar-refractivity contribution in [1.82, 2.24) is 9.88 Å². The molecule has 0 saturated carbocycles. The maximum Gasteiger partial charge on any atom is 0.272 e. The van der Waals surface area contributed by atoms with Crippen LogP contribution < -0.4 is 0 Å². The highest BCUT2D eigenvalue weighted by Crippen LogP contribution is 2.15. The lowest BCUT2D eigenvalue weighted by Crippen LogP contribution is -2.33. The first-order chi connectivity index (χ1) is 9.70. The lowest BCUT2D eigenvalue weighted by Gasteiger charge is -2.21. The second kappa shape index (κ2) is 7.52. The third kappa shape index (κ3) is 4.13. The number of pyridine rings is 1. The van der Waals surface area contributed by atoms with E-state index < -0.39 is 0 Å². The zero-order valence-electron chi connectivity index (χ0n) is 11.1. The van der Waals surface area contributed by atoms with E-state index >= 15 is 0 Å². The van der Waals surface area contributed by atoms with Crippen LogP contribution in [-0.2, 0) is 11.3 Å². The zero-order valence-corrected chi connectivity index (χ0v) is 13.5. The van der Waals surface area contributed by atoms with Gasteiger partial charge in [0.25, 0.3) is 5.91 Å². The van der Waals surface area contributed by atoms with Crippen molar-refractivity contribution >= 4 is 33.2 Å². The van der Waals surface area contributed by atoms with Crippen molar-refractivity contribution < 1.29 is 9.53 Å². The molecule has 0 saturated heterocycles. The van der Waals surface area contributed by atoms with E-state index in [1.54, 1.807) is 35.6 Å². The van der Waals surface area contributed by atoms with E-state index in [2.05, 4.69) is 20.9 Å². The van der Waals surface area contributed by atoms with Crippen LogP contribution in [0.4, 0.5) is 0 Å². The van der Waals surface area contributed by atoms with Gasteiger partial charge in [-0.05, 0) is 39.5 Å². The van der Waals surface area contributed by atoms with E-state index in [1.165, 1.54) is 0 Å². The number of amides is 1. The van der Waals surface area contributed by atoms with Crippen LogP contribution in [0, 0.1) is 0 Å². The molecule has 6 heteroatoms. The lowest BCUT2D eigenvalue weighted by molar-refractivity contribution is 0.0676. The van der Waals surface area contributed by atoms with Crippen LogP contribution in [0.2, 0.25) is 0 Å². The lowest BCUT2D eigenvalue weighted by atomic mass is 10.3. The summed E-state index contributed by atoms with van der Waals surface area (Å²) in [7, 11) is 1.63. The smallest absolute Gasteiger partial charge is 0.272 e. The van der Waals surface area contributed by atoms with Crippen molar-refractivity contribution in [1.29, 1.82) is 0 Å². The van der Waals surface area contributed by atoms with Gasteiger partial charge in [0.15, 0.2) is 0 Å². The van der Waals surface area contributed by atoms with Crippen LogP contribution in [0.15, 0.2) is 40.3 Å². The van der Waals surface area contributed by atoms with E-state index in [0.717, 1.165) is 9.35 Å². The number of aromatic nitrogens is 1. The summed E-state index contributed by atoms with van der Waals surface area (Å²) in [6.45, 7) is 1.64. The number of carbonyl (C=O) groups is 1. The zero-order chi connectivity index (χ0) is 14.4. The first-order valence-electron chi connectivity index (χ1n) is 6.13. The first-order valence-corrected chi connectivity index (χ1v) is 7.80. The summed E-state index contributed by atoms with van der Waals surface area (Å²) in [5.41, 5.74) is 0.445. The molecule has 1 amide bonds. The highest BCUT2D eigenvalue weighted by Gasteiger charge is 2.17. The van der Waals surface area contributed by atoms with Crippen molar-refractivity contribution in [2.45, 2.75) is 6.54 Å². The van der Waals surface area contributed by atoms with E-state index in [-0.39, 0.29) is 5.91 Å². The monoisotopic (exact) mass is 354 g/mol. The van der Waals surface area contributed by atoms with Crippen LogP contribution in [0.1, 0.15) is 15.4 Å². The van der Waals surface area contributed by atoms with E-state index in [4.69, 9.17) is 4.74 Å². The number of rotatable bonds is 6. The largest absolute Gasteiger partial charge is 0.383 e. The van der Waals surface area contributed by atoms with Crippen molar-refractivity contribution in [3.8, 4) is 0 Å². The van der Waals surface area contributed by atoms with Crippen LogP contribution in [0.25, 0.3) is 0 Å². The van der Waals surface area contributed by atoms with Gasteiger partial charge in [-0.15, -0.1) is 11.3 Å². The van der Waals surface area contributed by atoms with Crippen LogP contribution in [0.3, 0.4) is 0 Å². The molecule has 0 radical (unpaired) electrons. The molecule has 2 rings (SSSR count). The van der Waals surface area contributed by atoms with Crippen LogP contribution in [-0.4, -0.2) is 36.1 Å². The Labute approximate surface area is 130 Å². The fourth-order valence-electron chi connectivity index (χ4n) is 1.71. The predicted octanol–water partition coefficient (Wildman–Crippen LogP) is 3.19. The number of methoxy groups -OCH3 is 1. The molecular weight excluding hydrogens is 340 g/mol. The maximum atomic E-state index is 12.5. The van der Waals surface area contributed by atoms with Gasteiger partial charge in [0.1, 0.15) is 5.69 Å². The highest BCUT2D eigenvalue weighted by atomic mass is 79.9. The molecule has 0 aliphatic heterocycles. The Morgan fingerprint density at radius 2 is 2.30 bits per heavy atom. The molecule has 4 nitrogen and oxygen atoms in total. The number of halogens is 1. The maximum absolute atomic E-state index is 12.5. The summed E-state index contributed by atoms with van der Waals surface area (Å²) in [6, 6.07) is 7.55. The van der Waals surface area contributed by atoms with Gasteiger partial charge in [0.2, 0.25) is 0 Å². The quantitative estimate of drug-likeness (QED) is 0.799. The molecule has 0 aliphatic carbocycles. The molecule has 106 valence electrons. The van der Waals surface area contributed by atoms with Gasteiger partial charge in [-0.3, -0.25) is 4.79 Å². The molecule has 0 spiro atoms. The Morgan fingerprint density at radius 1 is 1.45 bits per heavy atom. The molecule has 0 N–H and O–H groups in total. The van der Waals surface area contributed by atoms with Crippen molar-refractivity contribution in [3.63, 3.8) is 0 Å². The van der Waals surface area contributed by atoms with Crippen LogP contribution in [0.5, 0.6) is 0 Å². The molecule has 0 atom stereocenters. The molecule has 0 bridgehead atoms. The van der Waals surface area contributed by atoms with Crippen molar-refractivity contribution in [3.05, 3.63) is 50.9 Å². The predicted molar refractivity (Wildman–Crippen MR) is 82.9 cm³/mol. The molecule has 0 unspecified atom stereocenters. The average Bonchev–Trinajstić information content (AvgIpc) is 2.96. The van der Waals surface area contributed by atoms with Gasteiger partial charge in [0.05, 0.1) is 13.2 Å². The second-order valence-electron chi connectivity index (χ2n) is 4.16. The Morgan fingerprint density at radius 3 is 2.90 bits per heavy atom. The average molecular weight is 355 g/mol. The molecule has 0 aliphatic rings. The summed E-state index contributed by atoms with van der Waals surface area (Å²) in [6.07, 6.45) is 1.63. The Bertz CT molecular complexity index is 543. The number of hydrogen-bond donors (Lipinski definition) is 0. The third-order valence-electron chi connectivity index (χ3n) is 2.73. The van der Waals surface area contributed by atoms with E-state index in [1.807, 2.05) is 23.6 Å². The minimum Gasteiger partial charge on any atom is -0.383 e. The topological polar surface area (TPSA) is 42.4 Å².